The number of hydrogen-bond acceptors (Lipinski definition) is 2. The Morgan fingerprint density at radius 2 is 1.65 bits per heavy atom. The van der Waals surface area contributed by atoms with Crippen LogP contribution in [0.1, 0.15) is 18.1 Å². The summed E-state index contributed by atoms with van der Waals surface area (Å²) in [6, 6.07) is 17.7. The number of benzene rings is 2. The Balaban J connectivity index is 2.36. The fraction of sp³-hybridized carbons (Fsp3) is 0.133. The van der Waals surface area contributed by atoms with Crippen LogP contribution >= 0.6 is 0 Å². The summed E-state index contributed by atoms with van der Waals surface area (Å²) >= 11 is 0. The Labute approximate surface area is 101 Å². The van der Waals surface area contributed by atoms with Crippen LogP contribution in [0.3, 0.4) is 0 Å². The molecule has 0 spiro atoms. The predicted octanol–water partition coefficient (Wildman–Crippen LogP) is 3.32. The van der Waals surface area contributed by atoms with Crippen molar-refractivity contribution in [3.8, 4) is 0 Å². The zero-order chi connectivity index (χ0) is 12.1. The zero-order valence-electron chi connectivity index (χ0n) is 9.80. The van der Waals surface area contributed by atoms with Gasteiger partial charge in [0.2, 0.25) is 0 Å². The standard InChI is InChI=1S/C15H15NO/c1-12(13-7-3-2-4-8-13)16-15-10-6-5-9-14(15)11-17/h2-10,17H,11H2,1H3. The number of aliphatic hydroxyl groups is 1. The van der Waals surface area contributed by atoms with Crippen molar-refractivity contribution in [1.29, 1.82) is 0 Å². The summed E-state index contributed by atoms with van der Waals surface area (Å²) in [4.78, 5) is 4.56. The number of para-hydroxylation sites is 1. The highest BCUT2D eigenvalue weighted by Crippen LogP contribution is 2.19. The number of aliphatic hydroxyl groups excluding tert-OH is 1. The molecule has 17 heavy (non-hydrogen) atoms. The van der Waals surface area contributed by atoms with E-state index in [9.17, 15) is 5.11 Å². The highest BCUT2D eigenvalue weighted by atomic mass is 16.3. The second kappa shape index (κ2) is 5.41. The summed E-state index contributed by atoms with van der Waals surface area (Å²) in [7, 11) is 0. The average molecular weight is 225 g/mol. The van der Waals surface area contributed by atoms with Crippen molar-refractivity contribution in [3.63, 3.8) is 0 Å². The quantitative estimate of drug-likeness (QED) is 0.798. The maximum atomic E-state index is 9.23. The second-order valence-electron chi connectivity index (χ2n) is 3.85. The van der Waals surface area contributed by atoms with Crippen molar-refractivity contribution in [2.24, 2.45) is 4.99 Å². The summed E-state index contributed by atoms with van der Waals surface area (Å²) in [5.41, 5.74) is 3.73. The van der Waals surface area contributed by atoms with E-state index >= 15 is 0 Å². The summed E-state index contributed by atoms with van der Waals surface area (Å²) < 4.78 is 0. The van der Waals surface area contributed by atoms with Crippen LogP contribution < -0.4 is 0 Å². The lowest BCUT2D eigenvalue weighted by Crippen LogP contribution is -1.94. The van der Waals surface area contributed by atoms with Gasteiger partial charge in [-0.15, -0.1) is 0 Å². The number of rotatable bonds is 3. The third-order valence-electron chi connectivity index (χ3n) is 2.64. The van der Waals surface area contributed by atoms with Gasteiger partial charge in [0.1, 0.15) is 0 Å². The molecule has 86 valence electrons. The van der Waals surface area contributed by atoms with E-state index in [2.05, 4.69) is 4.99 Å². The lowest BCUT2D eigenvalue weighted by molar-refractivity contribution is 0.282. The van der Waals surface area contributed by atoms with Crippen molar-refractivity contribution in [2.45, 2.75) is 13.5 Å². The molecule has 2 aromatic rings. The minimum Gasteiger partial charge on any atom is -0.392 e. The lowest BCUT2D eigenvalue weighted by atomic mass is 10.1. The van der Waals surface area contributed by atoms with Gasteiger partial charge in [-0.3, -0.25) is 4.99 Å². The molecule has 0 aliphatic heterocycles. The molecule has 0 radical (unpaired) electrons. The molecule has 0 saturated heterocycles. The molecule has 0 fully saturated rings. The molecule has 0 bridgehead atoms. The average Bonchev–Trinajstić information content (AvgIpc) is 2.40. The van der Waals surface area contributed by atoms with Gasteiger partial charge in [-0.25, -0.2) is 0 Å². The molecule has 2 nitrogen and oxygen atoms in total. The Morgan fingerprint density at radius 3 is 2.35 bits per heavy atom. The maximum absolute atomic E-state index is 9.23. The zero-order valence-corrected chi connectivity index (χ0v) is 9.80. The summed E-state index contributed by atoms with van der Waals surface area (Å²) in [6.07, 6.45) is 0. The van der Waals surface area contributed by atoms with Crippen LogP contribution in [0.15, 0.2) is 59.6 Å². The lowest BCUT2D eigenvalue weighted by Gasteiger charge is -2.04. The number of nitrogens with zero attached hydrogens (tertiary/aromatic N) is 1. The van der Waals surface area contributed by atoms with E-state index in [0.29, 0.717) is 0 Å². The van der Waals surface area contributed by atoms with Crippen LogP contribution in [0.4, 0.5) is 5.69 Å². The van der Waals surface area contributed by atoms with Gasteiger partial charge in [-0.2, -0.15) is 0 Å². The summed E-state index contributed by atoms with van der Waals surface area (Å²) in [5, 5.41) is 9.23. The van der Waals surface area contributed by atoms with Crippen LogP contribution in [0.2, 0.25) is 0 Å². The summed E-state index contributed by atoms with van der Waals surface area (Å²) in [5.74, 6) is 0. The maximum Gasteiger partial charge on any atom is 0.0702 e. The minimum atomic E-state index is 0.0156. The molecule has 0 aliphatic rings. The van der Waals surface area contributed by atoms with E-state index in [0.717, 1.165) is 22.5 Å². The first-order valence-corrected chi connectivity index (χ1v) is 5.61. The fourth-order valence-electron chi connectivity index (χ4n) is 1.68. The van der Waals surface area contributed by atoms with Crippen LogP contribution in [-0.2, 0) is 6.61 Å². The normalized spacial score (nSPS) is 11.5. The Bertz CT molecular complexity index is 517. The highest BCUT2D eigenvalue weighted by Gasteiger charge is 2.00. The van der Waals surface area contributed by atoms with Gasteiger partial charge in [-0.05, 0) is 18.6 Å². The second-order valence-corrected chi connectivity index (χ2v) is 3.85. The van der Waals surface area contributed by atoms with Gasteiger partial charge in [0, 0.05) is 11.3 Å². The number of aliphatic imine (C=N–C) groups is 1. The fourth-order valence-corrected chi connectivity index (χ4v) is 1.68. The third-order valence-corrected chi connectivity index (χ3v) is 2.64. The van der Waals surface area contributed by atoms with E-state index in [1.807, 2.05) is 61.5 Å². The van der Waals surface area contributed by atoms with E-state index < -0.39 is 0 Å². The van der Waals surface area contributed by atoms with Gasteiger partial charge in [-0.1, -0.05) is 48.5 Å². The van der Waals surface area contributed by atoms with Gasteiger partial charge >= 0.3 is 0 Å². The van der Waals surface area contributed by atoms with Crippen molar-refractivity contribution >= 4 is 11.4 Å². The van der Waals surface area contributed by atoms with Gasteiger partial charge in [0.15, 0.2) is 0 Å². The molecule has 0 aliphatic carbocycles. The summed E-state index contributed by atoms with van der Waals surface area (Å²) in [6.45, 7) is 1.99. The van der Waals surface area contributed by atoms with Crippen LogP contribution in [0.25, 0.3) is 0 Å². The van der Waals surface area contributed by atoms with Gasteiger partial charge < -0.3 is 5.11 Å². The Morgan fingerprint density at radius 1 is 1.00 bits per heavy atom. The van der Waals surface area contributed by atoms with Crippen LogP contribution in [0.5, 0.6) is 0 Å². The van der Waals surface area contributed by atoms with E-state index in [4.69, 9.17) is 0 Å². The van der Waals surface area contributed by atoms with Gasteiger partial charge in [0.05, 0.1) is 12.3 Å². The van der Waals surface area contributed by atoms with Crippen molar-refractivity contribution < 1.29 is 5.11 Å². The monoisotopic (exact) mass is 225 g/mol. The smallest absolute Gasteiger partial charge is 0.0702 e. The molecule has 2 aromatic carbocycles. The van der Waals surface area contributed by atoms with Crippen molar-refractivity contribution in [2.75, 3.05) is 0 Å². The molecule has 0 amide bonds. The van der Waals surface area contributed by atoms with E-state index in [1.54, 1.807) is 0 Å². The van der Waals surface area contributed by atoms with Crippen molar-refractivity contribution in [1.82, 2.24) is 0 Å². The van der Waals surface area contributed by atoms with Crippen LogP contribution in [-0.4, -0.2) is 10.8 Å². The minimum absolute atomic E-state index is 0.0156. The molecule has 0 atom stereocenters. The first-order chi connectivity index (χ1) is 8.31. The first kappa shape index (κ1) is 11.6. The van der Waals surface area contributed by atoms with E-state index in [1.165, 1.54) is 0 Å². The molecule has 1 N–H and O–H groups in total. The van der Waals surface area contributed by atoms with Crippen LogP contribution in [0, 0.1) is 0 Å². The highest BCUT2D eigenvalue weighted by molar-refractivity contribution is 6.00. The molecule has 2 heteroatoms. The molecule has 2 rings (SSSR count). The molecule has 0 saturated carbocycles. The topological polar surface area (TPSA) is 32.6 Å². The molecule has 0 aromatic heterocycles. The number of hydrogen-bond donors (Lipinski definition) is 1. The molecular weight excluding hydrogens is 210 g/mol. The first-order valence-electron chi connectivity index (χ1n) is 5.61. The Kier molecular flexibility index (Phi) is 3.68. The van der Waals surface area contributed by atoms with Crippen molar-refractivity contribution in [3.05, 3.63) is 65.7 Å². The third kappa shape index (κ3) is 2.80. The van der Waals surface area contributed by atoms with E-state index in [-0.39, 0.29) is 6.61 Å². The molecule has 0 heterocycles. The van der Waals surface area contributed by atoms with Gasteiger partial charge in [0.25, 0.3) is 0 Å². The molecule has 0 unspecified atom stereocenters. The predicted molar refractivity (Wildman–Crippen MR) is 70.7 cm³/mol. The molecular formula is C15H15NO. The largest absolute Gasteiger partial charge is 0.392 e. The SMILES string of the molecule is CC(=Nc1ccccc1CO)c1ccccc1. The Hall–Kier alpha value is -1.93.